The Balaban J connectivity index is 1.82. The van der Waals surface area contributed by atoms with Gasteiger partial charge >= 0.3 is 0 Å². The number of nitrogens with zero attached hydrogens (tertiary/aromatic N) is 1. The molecule has 0 saturated carbocycles. The largest absolute Gasteiger partial charge is 0.318 e. The Bertz CT molecular complexity index is 1120. The highest BCUT2D eigenvalue weighted by Gasteiger charge is 2.20. The van der Waals surface area contributed by atoms with Crippen LogP contribution >= 0.6 is 0 Å². The summed E-state index contributed by atoms with van der Waals surface area (Å²) in [6.45, 7) is 3.54. The Labute approximate surface area is 160 Å². The van der Waals surface area contributed by atoms with Gasteiger partial charge < -0.3 is 4.57 Å². The molecule has 0 aliphatic heterocycles. The van der Waals surface area contributed by atoms with E-state index in [1.807, 2.05) is 46.7 Å². The smallest absolute Gasteiger partial charge is 0.268 e. The number of benzene rings is 2. The fraction of sp³-hybridized carbons (Fsp3) is 0.105. The molecule has 1 aromatic heterocycles. The van der Waals surface area contributed by atoms with Crippen molar-refractivity contribution in [2.24, 2.45) is 0 Å². The lowest BCUT2D eigenvalue weighted by molar-refractivity contribution is 0.0944. The van der Waals surface area contributed by atoms with Crippen LogP contribution in [0.15, 0.2) is 59.5 Å². The van der Waals surface area contributed by atoms with E-state index in [4.69, 9.17) is 0 Å². The molecule has 2 aromatic carbocycles. The molecule has 0 aliphatic rings. The van der Waals surface area contributed by atoms with Gasteiger partial charge in [-0.15, -0.1) is 4.83 Å². The molecule has 28 heavy (non-hydrogen) atoms. The van der Waals surface area contributed by atoms with E-state index in [9.17, 15) is 22.0 Å². The molecule has 1 amide bonds. The highest BCUT2D eigenvalue weighted by molar-refractivity contribution is 7.89. The van der Waals surface area contributed by atoms with Crippen LogP contribution in [0.5, 0.6) is 0 Å². The third-order valence-electron chi connectivity index (χ3n) is 4.14. The Morgan fingerprint density at radius 3 is 2.18 bits per heavy atom. The van der Waals surface area contributed by atoms with E-state index in [1.54, 1.807) is 13.0 Å². The molecule has 9 heteroatoms. The van der Waals surface area contributed by atoms with Gasteiger partial charge in [-0.1, -0.05) is 18.2 Å². The van der Waals surface area contributed by atoms with Gasteiger partial charge in [0.05, 0.1) is 10.5 Å². The normalized spacial score (nSPS) is 11.4. The van der Waals surface area contributed by atoms with Crippen molar-refractivity contribution in [1.82, 2.24) is 14.8 Å². The monoisotopic (exact) mass is 405 g/mol. The molecule has 0 fully saturated rings. The van der Waals surface area contributed by atoms with Crippen molar-refractivity contribution in [3.8, 4) is 5.69 Å². The zero-order valence-corrected chi connectivity index (χ0v) is 15.8. The molecule has 0 unspecified atom stereocenters. The number of aryl methyl sites for hydroxylation is 1. The first-order chi connectivity index (χ1) is 13.2. The zero-order valence-electron chi connectivity index (χ0n) is 15.0. The van der Waals surface area contributed by atoms with Gasteiger partial charge in [0.25, 0.3) is 15.9 Å². The summed E-state index contributed by atoms with van der Waals surface area (Å²) in [5, 5.41) is 0. The van der Waals surface area contributed by atoms with Crippen LogP contribution in [-0.2, 0) is 10.0 Å². The van der Waals surface area contributed by atoms with Crippen LogP contribution in [0.3, 0.4) is 0 Å². The van der Waals surface area contributed by atoms with Crippen LogP contribution in [0.4, 0.5) is 8.78 Å². The Morgan fingerprint density at radius 1 is 0.964 bits per heavy atom. The minimum Gasteiger partial charge on any atom is -0.318 e. The molecule has 3 aromatic rings. The molecule has 0 bridgehead atoms. The topological polar surface area (TPSA) is 80.2 Å². The predicted molar refractivity (Wildman–Crippen MR) is 99.4 cm³/mol. The number of halogens is 2. The first-order valence-corrected chi connectivity index (χ1v) is 9.70. The minimum absolute atomic E-state index is 0.259. The van der Waals surface area contributed by atoms with Gasteiger partial charge in [-0.05, 0) is 44.2 Å². The molecule has 1 heterocycles. The van der Waals surface area contributed by atoms with E-state index >= 15 is 0 Å². The molecule has 2 N–H and O–H groups in total. The molecule has 0 saturated heterocycles. The number of sulfonamides is 1. The number of aromatic nitrogens is 1. The number of hydrogen-bond acceptors (Lipinski definition) is 3. The molecule has 146 valence electrons. The maximum absolute atomic E-state index is 13.3. The van der Waals surface area contributed by atoms with Crippen molar-refractivity contribution in [2.45, 2.75) is 18.7 Å². The van der Waals surface area contributed by atoms with Gasteiger partial charge in [0.1, 0.15) is 11.6 Å². The summed E-state index contributed by atoms with van der Waals surface area (Å²) in [5.41, 5.74) is 4.58. The maximum atomic E-state index is 13.3. The molecular formula is C19H17F2N3O3S. The number of carbonyl (C=O) groups is 1. The average Bonchev–Trinajstić information content (AvgIpc) is 2.94. The minimum atomic E-state index is -4.35. The molecule has 0 radical (unpaired) electrons. The van der Waals surface area contributed by atoms with Crippen molar-refractivity contribution < 1.29 is 22.0 Å². The van der Waals surface area contributed by atoms with Crippen LogP contribution in [0, 0.1) is 25.5 Å². The Kier molecular flexibility index (Phi) is 5.30. The zero-order chi connectivity index (χ0) is 20.5. The first-order valence-electron chi connectivity index (χ1n) is 8.21. The Morgan fingerprint density at radius 2 is 1.57 bits per heavy atom. The van der Waals surface area contributed by atoms with Crippen molar-refractivity contribution >= 4 is 15.9 Å². The summed E-state index contributed by atoms with van der Waals surface area (Å²) >= 11 is 0. The van der Waals surface area contributed by atoms with Crippen LogP contribution in [-0.4, -0.2) is 18.9 Å². The summed E-state index contributed by atoms with van der Waals surface area (Å²) in [4.78, 5) is 13.7. The number of carbonyl (C=O) groups excluding carboxylic acids is 1. The fourth-order valence-electron chi connectivity index (χ4n) is 2.89. The lowest BCUT2D eigenvalue weighted by atomic mass is 10.2. The van der Waals surface area contributed by atoms with E-state index in [0.717, 1.165) is 11.4 Å². The second-order valence-electron chi connectivity index (χ2n) is 6.12. The van der Waals surface area contributed by atoms with Crippen molar-refractivity contribution in [1.29, 1.82) is 0 Å². The predicted octanol–water partition coefficient (Wildman–Crippen LogP) is 3.00. The standard InChI is InChI=1S/C19H17F2N3O3S/c1-12-8-18(13(2)24(12)16-6-4-3-5-7-16)19(25)22-23-28(26,27)17-10-14(20)9-15(21)11-17/h3-11,23H,1-2H3,(H,22,25). The van der Waals surface area contributed by atoms with Crippen molar-refractivity contribution in [3.05, 3.63) is 83.2 Å². The summed E-state index contributed by atoms with van der Waals surface area (Å²) in [7, 11) is -4.35. The van der Waals surface area contributed by atoms with Gasteiger partial charge in [0, 0.05) is 23.1 Å². The summed E-state index contributed by atoms with van der Waals surface area (Å²) in [6.07, 6.45) is 0. The third-order valence-corrected chi connectivity index (χ3v) is 5.36. The van der Waals surface area contributed by atoms with Crippen LogP contribution < -0.4 is 10.3 Å². The first kappa shape index (κ1) is 19.7. The maximum Gasteiger partial charge on any atom is 0.268 e. The molecule has 6 nitrogen and oxygen atoms in total. The second-order valence-corrected chi connectivity index (χ2v) is 7.80. The quantitative estimate of drug-likeness (QED) is 0.641. The highest BCUT2D eigenvalue weighted by Crippen LogP contribution is 2.20. The fourth-order valence-corrected chi connectivity index (χ4v) is 3.77. The summed E-state index contributed by atoms with van der Waals surface area (Å²) < 4.78 is 52.7. The summed E-state index contributed by atoms with van der Waals surface area (Å²) in [5.74, 6) is -2.79. The van der Waals surface area contributed by atoms with Crippen molar-refractivity contribution in [2.75, 3.05) is 0 Å². The lowest BCUT2D eigenvalue weighted by Gasteiger charge is -2.11. The van der Waals surface area contributed by atoms with Crippen LogP contribution in [0.2, 0.25) is 0 Å². The number of amides is 1. The molecule has 0 spiro atoms. The highest BCUT2D eigenvalue weighted by atomic mass is 32.2. The molecule has 0 aliphatic carbocycles. The number of rotatable bonds is 5. The van der Waals surface area contributed by atoms with Gasteiger partial charge in [0.2, 0.25) is 0 Å². The average molecular weight is 405 g/mol. The van der Waals surface area contributed by atoms with E-state index in [2.05, 4.69) is 5.43 Å². The third kappa shape index (κ3) is 3.95. The number of para-hydroxylation sites is 1. The van der Waals surface area contributed by atoms with Crippen molar-refractivity contribution in [3.63, 3.8) is 0 Å². The molecular weight excluding hydrogens is 388 g/mol. The van der Waals surface area contributed by atoms with E-state index < -0.39 is 32.5 Å². The van der Waals surface area contributed by atoms with Crippen LogP contribution in [0.1, 0.15) is 21.7 Å². The molecule has 3 rings (SSSR count). The van der Waals surface area contributed by atoms with Crippen LogP contribution in [0.25, 0.3) is 5.69 Å². The lowest BCUT2D eigenvalue weighted by Crippen LogP contribution is -2.41. The second kappa shape index (κ2) is 7.53. The molecule has 0 atom stereocenters. The number of hydrogen-bond donors (Lipinski definition) is 2. The summed E-state index contributed by atoms with van der Waals surface area (Å²) in [6, 6.07) is 12.8. The van der Waals surface area contributed by atoms with E-state index in [-0.39, 0.29) is 5.56 Å². The van der Waals surface area contributed by atoms with Gasteiger partial charge in [-0.25, -0.2) is 17.2 Å². The number of hydrazine groups is 1. The van der Waals surface area contributed by atoms with Gasteiger partial charge in [-0.3, -0.25) is 10.2 Å². The number of nitrogens with one attached hydrogen (secondary N) is 2. The van der Waals surface area contributed by atoms with Gasteiger partial charge in [-0.2, -0.15) is 0 Å². The SMILES string of the molecule is Cc1cc(C(=O)NNS(=O)(=O)c2cc(F)cc(F)c2)c(C)n1-c1ccccc1. The van der Waals surface area contributed by atoms with E-state index in [1.165, 1.54) is 0 Å². The van der Waals surface area contributed by atoms with Gasteiger partial charge in [0.15, 0.2) is 0 Å². The van der Waals surface area contributed by atoms with E-state index in [0.29, 0.717) is 23.9 Å². The Hall–Kier alpha value is -3.04.